The Kier molecular flexibility index (Phi) is 4.58. The third kappa shape index (κ3) is 2.91. The summed E-state index contributed by atoms with van der Waals surface area (Å²) in [6.45, 7) is 1.83. The average molecular weight is 238 g/mol. The van der Waals surface area contributed by atoms with E-state index < -0.39 is 15.7 Å². The second-order valence-electron chi connectivity index (χ2n) is 2.51. The van der Waals surface area contributed by atoms with Crippen LogP contribution in [0.25, 0.3) is 0 Å². The van der Waals surface area contributed by atoms with Crippen LogP contribution >= 0.6 is 34.8 Å². The summed E-state index contributed by atoms with van der Waals surface area (Å²) < 4.78 is -2.18. The molecule has 0 saturated carbocycles. The summed E-state index contributed by atoms with van der Waals surface area (Å²) in [5.74, 6) is -3.18. The lowest BCUT2D eigenvalue weighted by atomic mass is 10.1. The number of aliphatic hydroxyl groups is 3. The fraction of sp³-hybridized carbons (Fsp3) is 1.00. The number of hydrogen-bond acceptors (Lipinski definition) is 3. The van der Waals surface area contributed by atoms with Crippen molar-refractivity contribution >= 4 is 34.8 Å². The molecule has 6 heteroatoms. The summed E-state index contributed by atoms with van der Waals surface area (Å²) in [4.78, 5) is 0. The molecule has 0 aliphatic rings. The highest BCUT2D eigenvalue weighted by Crippen LogP contribution is 2.39. The molecule has 0 aromatic rings. The first kappa shape index (κ1) is 12.8. The molecule has 0 aromatic carbocycles. The topological polar surface area (TPSA) is 60.7 Å². The fourth-order valence-corrected chi connectivity index (χ4v) is 1.23. The highest BCUT2D eigenvalue weighted by atomic mass is 35.5. The maximum Gasteiger partial charge on any atom is 0.311 e. The Morgan fingerprint density at radius 3 is 1.92 bits per heavy atom. The molecule has 0 rings (SSSR count). The molecule has 0 aliphatic carbocycles. The molecule has 3 nitrogen and oxygen atoms in total. The van der Waals surface area contributed by atoms with Crippen LogP contribution in [0.2, 0.25) is 0 Å². The zero-order valence-corrected chi connectivity index (χ0v) is 8.73. The van der Waals surface area contributed by atoms with Gasteiger partial charge in [0.05, 0.1) is 5.38 Å². The van der Waals surface area contributed by atoms with E-state index in [1.807, 2.05) is 6.92 Å². The molecule has 74 valence electrons. The second kappa shape index (κ2) is 4.31. The third-order valence-corrected chi connectivity index (χ3v) is 3.19. The molecular weight excluding hydrogens is 226 g/mol. The number of halogens is 3. The molecule has 3 N–H and O–H groups in total. The molecule has 0 spiro atoms. The van der Waals surface area contributed by atoms with Crippen molar-refractivity contribution in [2.24, 2.45) is 0 Å². The van der Waals surface area contributed by atoms with Crippen LogP contribution in [0.5, 0.6) is 0 Å². The van der Waals surface area contributed by atoms with E-state index in [9.17, 15) is 0 Å². The normalized spacial score (nSPS) is 16.2. The van der Waals surface area contributed by atoms with Gasteiger partial charge in [-0.2, -0.15) is 0 Å². The molecule has 0 heterocycles. The zero-order valence-electron chi connectivity index (χ0n) is 6.47. The average Bonchev–Trinajstić information content (AvgIpc) is 1.85. The van der Waals surface area contributed by atoms with E-state index in [0.717, 1.165) is 0 Å². The van der Waals surface area contributed by atoms with Crippen LogP contribution in [0.3, 0.4) is 0 Å². The molecule has 12 heavy (non-hydrogen) atoms. The van der Waals surface area contributed by atoms with Crippen molar-refractivity contribution in [3.63, 3.8) is 0 Å². The first-order chi connectivity index (χ1) is 5.23. The van der Waals surface area contributed by atoms with Crippen LogP contribution in [-0.2, 0) is 0 Å². The van der Waals surface area contributed by atoms with E-state index in [-0.39, 0.29) is 0 Å². The van der Waals surface area contributed by atoms with E-state index in [2.05, 4.69) is 0 Å². The van der Waals surface area contributed by atoms with Crippen LogP contribution in [0.4, 0.5) is 0 Å². The highest BCUT2D eigenvalue weighted by Gasteiger charge is 2.51. The smallest absolute Gasteiger partial charge is 0.311 e. The zero-order chi connectivity index (χ0) is 9.99. The van der Waals surface area contributed by atoms with E-state index >= 15 is 0 Å². The van der Waals surface area contributed by atoms with Crippen molar-refractivity contribution in [3.8, 4) is 0 Å². The Morgan fingerprint density at radius 1 is 1.25 bits per heavy atom. The van der Waals surface area contributed by atoms with Gasteiger partial charge < -0.3 is 15.3 Å². The minimum absolute atomic E-state index is 0.373. The lowest BCUT2D eigenvalue weighted by Gasteiger charge is -2.32. The molecule has 0 aliphatic heterocycles. The van der Waals surface area contributed by atoms with Gasteiger partial charge in [0.25, 0.3) is 0 Å². The predicted molar refractivity (Wildman–Crippen MR) is 48.4 cm³/mol. The molecular formula is C6H11Cl3O3. The molecule has 1 atom stereocenters. The number of alkyl halides is 3. The maximum absolute atomic E-state index is 8.71. The van der Waals surface area contributed by atoms with Crippen molar-refractivity contribution in [2.45, 2.75) is 35.4 Å². The van der Waals surface area contributed by atoms with Gasteiger partial charge in [0.2, 0.25) is 4.33 Å². The van der Waals surface area contributed by atoms with Crippen molar-refractivity contribution in [2.75, 3.05) is 0 Å². The monoisotopic (exact) mass is 236 g/mol. The summed E-state index contributed by atoms with van der Waals surface area (Å²) in [6, 6.07) is 0. The Balaban J connectivity index is 4.38. The van der Waals surface area contributed by atoms with Gasteiger partial charge >= 0.3 is 5.97 Å². The maximum atomic E-state index is 8.71. The number of rotatable bonds is 4. The van der Waals surface area contributed by atoms with Crippen molar-refractivity contribution in [1.82, 2.24) is 0 Å². The van der Waals surface area contributed by atoms with Gasteiger partial charge in [-0.3, -0.25) is 0 Å². The summed E-state index contributed by atoms with van der Waals surface area (Å²) in [5, 5.41) is 25.2. The van der Waals surface area contributed by atoms with Crippen LogP contribution < -0.4 is 0 Å². The van der Waals surface area contributed by atoms with Crippen molar-refractivity contribution < 1.29 is 15.3 Å². The SMILES string of the molecule is CCCC(Cl)C(Cl)(Cl)C(O)(O)O. The minimum atomic E-state index is -3.18. The largest absolute Gasteiger partial charge is 0.341 e. The molecule has 0 amide bonds. The van der Waals surface area contributed by atoms with Gasteiger partial charge in [0, 0.05) is 0 Å². The van der Waals surface area contributed by atoms with Crippen molar-refractivity contribution in [3.05, 3.63) is 0 Å². The van der Waals surface area contributed by atoms with Crippen molar-refractivity contribution in [1.29, 1.82) is 0 Å². The second-order valence-corrected chi connectivity index (χ2v) is 4.43. The molecule has 0 fully saturated rings. The van der Waals surface area contributed by atoms with E-state index in [1.165, 1.54) is 0 Å². The van der Waals surface area contributed by atoms with Crippen LogP contribution in [0.1, 0.15) is 19.8 Å². The Bertz CT molecular complexity index is 143. The summed E-state index contributed by atoms with van der Waals surface area (Å²) in [7, 11) is 0. The Labute approximate surface area is 85.9 Å². The summed E-state index contributed by atoms with van der Waals surface area (Å²) in [5.41, 5.74) is 0. The van der Waals surface area contributed by atoms with Gasteiger partial charge in [0.15, 0.2) is 0 Å². The van der Waals surface area contributed by atoms with Gasteiger partial charge in [0.1, 0.15) is 0 Å². The molecule has 0 bridgehead atoms. The highest BCUT2D eigenvalue weighted by molar-refractivity contribution is 6.52. The van der Waals surface area contributed by atoms with E-state index in [1.54, 1.807) is 0 Å². The van der Waals surface area contributed by atoms with Gasteiger partial charge in [-0.15, -0.1) is 11.6 Å². The predicted octanol–water partition coefficient (Wildman–Crippen LogP) is 1.20. The molecule has 1 unspecified atom stereocenters. The van der Waals surface area contributed by atoms with E-state index in [4.69, 9.17) is 50.1 Å². The first-order valence-corrected chi connectivity index (χ1v) is 4.61. The molecule has 0 aromatic heterocycles. The van der Waals surface area contributed by atoms with Gasteiger partial charge in [-0.1, -0.05) is 36.5 Å². The quantitative estimate of drug-likeness (QED) is 0.509. The van der Waals surface area contributed by atoms with Crippen LogP contribution in [0.15, 0.2) is 0 Å². The van der Waals surface area contributed by atoms with Gasteiger partial charge in [-0.25, -0.2) is 0 Å². The summed E-state index contributed by atoms with van der Waals surface area (Å²) in [6.07, 6.45) is 1.05. The molecule has 0 radical (unpaired) electrons. The lowest BCUT2D eigenvalue weighted by Crippen LogP contribution is -2.51. The standard InChI is InChI=1S/C6H11Cl3O3/c1-2-3-4(7)5(8,9)6(10,11)12/h4,10-12H,2-3H2,1H3. The van der Waals surface area contributed by atoms with Gasteiger partial charge in [-0.05, 0) is 6.42 Å². The van der Waals surface area contributed by atoms with E-state index in [0.29, 0.717) is 12.8 Å². The fourth-order valence-electron chi connectivity index (χ4n) is 0.645. The van der Waals surface area contributed by atoms with Crippen LogP contribution in [-0.4, -0.2) is 31.0 Å². The Morgan fingerprint density at radius 2 is 1.67 bits per heavy atom. The minimum Gasteiger partial charge on any atom is -0.341 e. The third-order valence-electron chi connectivity index (χ3n) is 1.38. The lowest BCUT2D eigenvalue weighted by molar-refractivity contribution is -0.319. The first-order valence-electron chi connectivity index (χ1n) is 3.42. The summed E-state index contributed by atoms with van der Waals surface area (Å²) >= 11 is 16.5. The molecule has 0 saturated heterocycles. The van der Waals surface area contributed by atoms with Crippen LogP contribution in [0, 0.1) is 0 Å². The Hall–Kier alpha value is 0.750. The number of hydrogen-bond donors (Lipinski definition) is 3.